The van der Waals surface area contributed by atoms with Gasteiger partial charge in [-0.1, -0.05) is 78.9 Å². The van der Waals surface area contributed by atoms with Crippen LogP contribution in [0.5, 0.6) is 0 Å². The Bertz CT molecular complexity index is 1190. The monoisotopic (exact) mass is 531 g/mol. The maximum atomic E-state index is 12.2. The summed E-state index contributed by atoms with van der Waals surface area (Å²) >= 11 is 0. The molecule has 2 heterocycles. The Kier molecular flexibility index (Phi) is 9.23. The van der Waals surface area contributed by atoms with Crippen LogP contribution in [0.1, 0.15) is 53.1 Å². The SMILES string of the molecule is O=C(NCc1ccccc1)NCc1ccc([C@H]2O[C@@H](CN3CC[C@H](O)C3)C[C@@H](c3ccc(CO)cc3)O2)cc1. The Morgan fingerprint density at radius 2 is 1.49 bits per heavy atom. The predicted octanol–water partition coefficient (Wildman–Crippen LogP) is 3.79. The molecule has 3 aromatic rings. The van der Waals surface area contributed by atoms with Crippen molar-refractivity contribution in [3.63, 3.8) is 0 Å². The summed E-state index contributed by atoms with van der Waals surface area (Å²) in [6, 6.07) is 25.4. The van der Waals surface area contributed by atoms with Crippen LogP contribution in [-0.2, 0) is 29.2 Å². The molecule has 39 heavy (non-hydrogen) atoms. The Balaban J connectivity index is 1.20. The highest BCUT2D eigenvalue weighted by Crippen LogP contribution is 2.38. The second-order valence-corrected chi connectivity index (χ2v) is 10.3. The topological polar surface area (TPSA) is 103 Å². The molecule has 0 aromatic heterocycles. The lowest BCUT2D eigenvalue weighted by Gasteiger charge is -2.37. The molecule has 0 spiro atoms. The molecule has 2 aliphatic heterocycles. The van der Waals surface area contributed by atoms with Crippen LogP contribution in [-0.4, -0.2) is 53.0 Å². The summed E-state index contributed by atoms with van der Waals surface area (Å²) in [6.07, 6.45) is 0.494. The molecule has 0 bridgehead atoms. The van der Waals surface area contributed by atoms with Gasteiger partial charge >= 0.3 is 6.03 Å². The second-order valence-electron chi connectivity index (χ2n) is 10.3. The third kappa shape index (κ3) is 7.65. The third-order valence-electron chi connectivity index (χ3n) is 7.33. The van der Waals surface area contributed by atoms with E-state index in [-0.39, 0.29) is 30.9 Å². The van der Waals surface area contributed by atoms with Crippen LogP contribution >= 0.6 is 0 Å². The van der Waals surface area contributed by atoms with Crippen molar-refractivity contribution in [2.75, 3.05) is 19.6 Å². The molecular weight excluding hydrogens is 494 g/mol. The molecule has 0 radical (unpaired) electrons. The zero-order valence-corrected chi connectivity index (χ0v) is 22.0. The van der Waals surface area contributed by atoms with Crippen molar-refractivity contribution in [1.29, 1.82) is 0 Å². The standard InChI is InChI=1S/C31H37N3O5/c35-21-24-8-10-25(11-9-24)29-16-28(20-34-15-14-27(36)19-34)38-30(39-29)26-12-6-23(7-13-26)18-33-31(37)32-17-22-4-2-1-3-5-22/h1-13,27-30,35-36H,14-21H2,(H2,32,33,37)/t27-,28+,29-,30-/m0/s1. The lowest BCUT2D eigenvalue weighted by molar-refractivity contribution is -0.252. The van der Waals surface area contributed by atoms with Gasteiger partial charge in [-0.15, -0.1) is 0 Å². The minimum atomic E-state index is -0.532. The fraction of sp³-hybridized carbons (Fsp3) is 0.387. The smallest absolute Gasteiger partial charge is 0.315 e. The number of ether oxygens (including phenoxy) is 2. The lowest BCUT2D eigenvalue weighted by atomic mass is 9.99. The fourth-order valence-corrected chi connectivity index (χ4v) is 5.11. The van der Waals surface area contributed by atoms with E-state index >= 15 is 0 Å². The number of carbonyl (C=O) groups excluding carboxylic acids is 1. The molecule has 206 valence electrons. The van der Waals surface area contributed by atoms with Crippen LogP contribution in [0.2, 0.25) is 0 Å². The molecule has 8 heteroatoms. The highest BCUT2D eigenvalue weighted by atomic mass is 16.7. The van der Waals surface area contributed by atoms with Gasteiger partial charge in [0.25, 0.3) is 0 Å². The first kappa shape index (κ1) is 27.3. The third-order valence-corrected chi connectivity index (χ3v) is 7.33. The van der Waals surface area contributed by atoms with Crippen molar-refractivity contribution in [1.82, 2.24) is 15.5 Å². The van der Waals surface area contributed by atoms with Gasteiger partial charge in [-0.2, -0.15) is 0 Å². The highest BCUT2D eigenvalue weighted by Gasteiger charge is 2.34. The van der Waals surface area contributed by atoms with Crippen LogP contribution < -0.4 is 10.6 Å². The molecule has 2 amide bonds. The van der Waals surface area contributed by atoms with E-state index in [1.165, 1.54) is 0 Å². The van der Waals surface area contributed by atoms with E-state index in [1.54, 1.807) is 0 Å². The molecule has 3 aromatic carbocycles. The van der Waals surface area contributed by atoms with Crippen molar-refractivity contribution in [3.05, 3.63) is 107 Å². The van der Waals surface area contributed by atoms with E-state index in [2.05, 4.69) is 15.5 Å². The minimum absolute atomic E-state index is 0.00728. The van der Waals surface area contributed by atoms with Crippen molar-refractivity contribution >= 4 is 6.03 Å². The number of likely N-dealkylation sites (tertiary alicyclic amines) is 1. The number of rotatable bonds is 9. The van der Waals surface area contributed by atoms with Crippen molar-refractivity contribution < 1.29 is 24.5 Å². The van der Waals surface area contributed by atoms with Gasteiger partial charge in [0.2, 0.25) is 0 Å². The Hall–Kier alpha value is -3.27. The van der Waals surface area contributed by atoms with Crippen LogP contribution in [0.15, 0.2) is 78.9 Å². The molecule has 4 N–H and O–H groups in total. The number of carbonyl (C=O) groups is 1. The lowest BCUT2D eigenvalue weighted by Crippen LogP contribution is -2.38. The molecule has 2 saturated heterocycles. The summed E-state index contributed by atoms with van der Waals surface area (Å²) in [5.41, 5.74) is 4.85. The van der Waals surface area contributed by atoms with Crippen LogP contribution in [0, 0.1) is 0 Å². The zero-order chi connectivity index (χ0) is 27.0. The first-order valence-corrected chi connectivity index (χ1v) is 13.6. The van der Waals surface area contributed by atoms with E-state index in [1.807, 2.05) is 78.9 Å². The van der Waals surface area contributed by atoms with Gasteiger partial charge in [-0.3, -0.25) is 4.90 Å². The average molecular weight is 532 g/mol. The second kappa shape index (κ2) is 13.2. The quantitative estimate of drug-likeness (QED) is 0.335. The van der Waals surface area contributed by atoms with Gasteiger partial charge in [0, 0.05) is 44.7 Å². The van der Waals surface area contributed by atoms with Crippen LogP contribution in [0.3, 0.4) is 0 Å². The molecule has 0 saturated carbocycles. The number of aliphatic hydroxyl groups is 2. The van der Waals surface area contributed by atoms with Gasteiger partial charge in [-0.25, -0.2) is 4.79 Å². The number of urea groups is 1. The molecule has 5 rings (SSSR count). The summed E-state index contributed by atoms with van der Waals surface area (Å²) in [5, 5.41) is 25.2. The van der Waals surface area contributed by atoms with Gasteiger partial charge in [0.15, 0.2) is 6.29 Å². The summed E-state index contributed by atoms with van der Waals surface area (Å²) in [6.45, 7) is 3.16. The minimum Gasteiger partial charge on any atom is -0.392 e. The van der Waals surface area contributed by atoms with E-state index in [9.17, 15) is 15.0 Å². The zero-order valence-electron chi connectivity index (χ0n) is 22.0. The number of amides is 2. The Morgan fingerprint density at radius 3 is 2.13 bits per heavy atom. The number of aliphatic hydroxyl groups excluding tert-OH is 2. The van der Waals surface area contributed by atoms with Gasteiger partial charge in [0.1, 0.15) is 0 Å². The molecular formula is C31H37N3O5. The normalized spacial score (nSPS) is 23.4. The number of nitrogens with zero attached hydrogens (tertiary/aromatic N) is 1. The molecule has 0 unspecified atom stereocenters. The number of benzene rings is 3. The number of hydrogen-bond acceptors (Lipinski definition) is 6. The van der Waals surface area contributed by atoms with E-state index < -0.39 is 6.29 Å². The number of nitrogens with one attached hydrogen (secondary N) is 2. The summed E-state index contributed by atoms with van der Waals surface area (Å²) in [4.78, 5) is 14.5. The van der Waals surface area contributed by atoms with Gasteiger partial charge in [0.05, 0.1) is 24.9 Å². The van der Waals surface area contributed by atoms with Crippen LogP contribution in [0.4, 0.5) is 4.79 Å². The van der Waals surface area contributed by atoms with E-state index in [0.717, 1.165) is 47.3 Å². The molecule has 4 atom stereocenters. The van der Waals surface area contributed by atoms with E-state index in [0.29, 0.717) is 26.1 Å². The molecule has 2 aliphatic rings. The maximum Gasteiger partial charge on any atom is 0.315 e. The Morgan fingerprint density at radius 1 is 0.846 bits per heavy atom. The average Bonchev–Trinajstić information content (AvgIpc) is 3.39. The first-order valence-electron chi connectivity index (χ1n) is 13.6. The summed E-state index contributed by atoms with van der Waals surface area (Å²) in [5.74, 6) is 0. The van der Waals surface area contributed by atoms with Crippen LogP contribution in [0.25, 0.3) is 0 Å². The van der Waals surface area contributed by atoms with E-state index in [4.69, 9.17) is 9.47 Å². The molecule has 0 aliphatic carbocycles. The first-order chi connectivity index (χ1) is 19.1. The van der Waals surface area contributed by atoms with Crippen molar-refractivity contribution in [2.24, 2.45) is 0 Å². The largest absolute Gasteiger partial charge is 0.392 e. The summed E-state index contributed by atoms with van der Waals surface area (Å²) in [7, 11) is 0. The fourth-order valence-electron chi connectivity index (χ4n) is 5.11. The predicted molar refractivity (Wildman–Crippen MR) is 147 cm³/mol. The van der Waals surface area contributed by atoms with Crippen molar-refractivity contribution in [3.8, 4) is 0 Å². The molecule has 8 nitrogen and oxygen atoms in total. The summed E-state index contributed by atoms with van der Waals surface area (Å²) < 4.78 is 12.8. The number of β-amino-alcohol motifs (C(OH)–C–C–N with tert-alkyl or cyclic N) is 1. The maximum absolute atomic E-state index is 12.2. The Labute approximate surface area is 229 Å². The van der Waals surface area contributed by atoms with Crippen molar-refractivity contribution in [2.45, 2.75) is 57.1 Å². The van der Waals surface area contributed by atoms with Gasteiger partial charge < -0.3 is 30.3 Å². The number of hydrogen-bond donors (Lipinski definition) is 4. The van der Waals surface area contributed by atoms with Gasteiger partial charge in [-0.05, 0) is 28.7 Å². The highest BCUT2D eigenvalue weighted by molar-refractivity contribution is 5.73. The molecule has 2 fully saturated rings.